The summed E-state index contributed by atoms with van der Waals surface area (Å²) in [7, 11) is 7.20. The Kier molecular flexibility index (Phi) is 8.58. The Balaban J connectivity index is 1.96. The van der Waals surface area contributed by atoms with E-state index in [0.717, 1.165) is 53.7 Å². The van der Waals surface area contributed by atoms with E-state index in [4.69, 9.17) is 18.9 Å². The lowest BCUT2D eigenvalue weighted by Crippen LogP contribution is -2.52. The second-order valence-corrected chi connectivity index (χ2v) is 8.83. The first-order valence-electron chi connectivity index (χ1n) is 11.5. The number of methoxy groups -OCH3 is 3. The summed E-state index contributed by atoms with van der Waals surface area (Å²) < 4.78 is 22.7. The number of carbonyl (C=O) groups is 1. The number of carbonyl (C=O) groups excluding carboxylic acids is 1. The van der Waals surface area contributed by atoms with Crippen molar-refractivity contribution >= 4 is 5.97 Å². The minimum atomic E-state index is -0.393. The highest BCUT2D eigenvalue weighted by Crippen LogP contribution is 2.42. The number of ether oxygens (including phenoxy) is 4. The second-order valence-electron chi connectivity index (χ2n) is 8.83. The lowest BCUT2D eigenvalue weighted by atomic mass is 9.86. The molecule has 2 aromatic carbocycles. The summed E-state index contributed by atoms with van der Waals surface area (Å²) in [5.74, 6) is 1.75. The molecule has 0 amide bonds. The monoisotopic (exact) mass is 470 g/mol. The first-order valence-corrected chi connectivity index (χ1v) is 11.5. The fourth-order valence-electron chi connectivity index (χ4n) is 4.86. The van der Waals surface area contributed by atoms with Crippen LogP contribution < -0.4 is 14.2 Å². The summed E-state index contributed by atoms with van der Waals surface area (Å²) in [5, 5.41) is 9.61. The standard InChI is InChI=1S/C27H36NO6/c1-6-27(30)34-13-7-11-28(2)12-10-20-16-25(32-4)26(33-5)17-22(20)23(28)14-19-8-9-21(18-29)24(15-19)31-3/h6,8-9,15-17,23,29H,1,7,10-14,18H2,2-5H3/q+1/t23-,28-/m1/s1. The number of fused-ring (bicyclic) bond motifs is 1. The second kappa shape index (κ2) is 11.4. The number of benzene rings is 2. The van der Waals surface area contributed by atoms with Gasteiger partial charge in [-0.15, -0.1) is 0 Å². The van der Waals surface area contributed by atoms with Gasteiger partial charge < -0.3 is 28.5 Å². The lowest BCUT2D eigenvalue weighted by Gasteiger charge is -2.46. The molecule has 0 unspecified atom stereocenters. The minimum absolute atomic E-state index is 0.0656. The van der Waals surface area contributed by atoms with Crippen LogP contribution in [0.2, 0.25) is 0 Å². The number of hydrogen-bond donors (Lipinski definition) is 1. The summed E-state index contributed by atoms with van der Waals surface area (Å²) >= 11 is 0. The molecule has 184 valence electrons. The molecule has 0 fully saturated rings. The van der Waals surface area contributed by atoms with Gasteiger partial charge in [-0.3, -0.25) is 0 Å². The first kappa shape index (κ1) is 25.6. The molecule has 7 heteroatoms. The van der Waals surface area contributed by atoms with Crippen LogP contribution in [0.1, 0.15) is 34.7 Å². The summed E-state index contributed by atoms with van der Waals surface area (Å²) in [5.41, 5.74) is 4.39. The van der Waals surface area contributed by atoms with Gasteiger partial charge in [0.25, 0.3) is 0 Å². The molecule has 7 nitrogen and oxygen atoms in total. The van der Waals surface area contributed by atoms with Gasteiger partial charge in [0, 0.05) is 36.5 Å². The number of nitrogens with zero attached hydrogens (tertiary/aromatic N) is 1. The van der Waals surface area contributed by atoms with E-state index >= 15 is 0 Å². The summed E-state index contributed by atoms with van der Waals surface area (Å²) in [6, 6.07) is 10.3. The highest BCUT2D eigenvalue weighted by molar-refractivity contribution is 5.81. The molecule has 0 spiro atoms. The van der Waals surface area contributed by atoms with Crippen molar-refractivity contribution in [1.29, 1.82) is 0 Å². The molecule has 2 atom stereocenters. The number of aliphatic hydroxyl groups excluding tert-OH is 1. The quantitative estimate of drug-likeness (QED) is 0.234. The van der Waals surface area contributed by atoms with Crippen molar-refractivity contribution in [2.75, 3.05) is 48.1 Å². The van der Waals surface area contributed by atoms with Crippen molar-refractivity contribution in [1.82, 2.24) is 0 Å². The normalized spacial score (nSPS) is 19.1. The van der Waals surface area contributed by atoms with Gasteiger partial charge in [-0.25, -0.2) is 4.79 Å². The van der Waals surface area contributed by atoms with Crippen molar-refractivity contribution in [2.45, 2.75) is 31.9 Å². The molecule has 34 heavy (non-hydrogen) atoms. The van der Waals surface area contributed by atoms with E-state index in [1.807, 2.05) is 12.1 Å². The Bertz CT molecular complexity index is 1020. The molecule has 2 aromatic rings. The molecule has 0 bridgehead atoms. The highest BCUT2D eigenvalue weighted by Gasteiger charge is 2.39. The Morgan fingerprint density at radius 1 is 1.12 bits per heavy atom. The van der Waals surface area contributed by atoms with E-state index in [9.17, 15) is 9.90 Å². The van der Waals surface area contributed by atoms with Crippen molar-refractivity contribution in [3.63, 3.8) is 0 Å². The zero-order chi connectivity index (χ0) is 24.7. The molecule has 0 aromatic heterocycles. The number of esters is 1. The smallest absolute Gasteiger partial charge is 0.330 e. The van der Waals surface area contributed by atoms with Crippen LogP contribution in [0.5, 0.6) is 17.2 Å². The molecule has 1 heterocycles. The Labute approximate surface area is 202 Å². The Morgan fingerprint density at radius 3 is 2.47 bits per heavy atom. The third kappa shape index (κ3) is 5.54. The number of quaternary nitrogens is 1. The average molecular weight is 471 g/mol. The highest BCUT2D eigenvalue weighted by atomic mass is 16.5. The number of aliphatic hydroxyl groups is 1. The molecule has 1 aliphatic heterocycles. The van der Waals surface area contributed by atoms with Crippen LogP contribution in [0.25, 0.3) is 0 Å². The van der Waals surface area contributed by atoms with Crippen LogP contribution in [-0.2, 0) is 29.0 Å². The van der Waals surface area contributed by atoms with Crippen molar-refractivity contribution in [3.8, 4) is 17.2 Å². The van der Waals surface area contributed by atoms with E-state index in [1.54, 1.807) is 21.3 Å². The van der Waals surface area contributed by atoms with Gasteiger partial charge in [0.15, 0.2) is 11.5 Å². The van der Waals surface area contributed by atoms with Gasteiger partial charge in [0.1, 0.15) is 11.8 Å². The number of hydrogen-bond acceptors (Lipinski definition) is 6. The van der Waals surface area contributed by atoms with Gasteiger partial charge in [0.2, 0.25) is 0 Å². The maximum Gasteiger partial charge on any atom is 0.330 e. The van der Waals surface area contributed by atoms with Crippen molar-refractivity contribution < 1.29 is 33.3 Å². The van der Waals surface area contributed by atoms with E-state index in [0.29, 0.717) is 18.1 Å². The van der Waals surface area contributed by atoms with E-state index in [1.165, 1.54) is 17.2 Å². The van der Waals surface area contributed by atoms with Crippen LogP contribution in [0.3, 0.4) is 0 Å². The summed E-state index contributed by atoms with van der Waals surface area (Å²) in [4.78, 5) is 11.5. The zero-order valence-electron chi connectivity index (χ0n) is 20.6. The van der Waals surface area contributed by atoms with E-state index in [-0.39, 0.29) is 12.6 Å². The van der Waals surface area contributed by atoms with Gasteiger partial charge in [-0.2, -0.15) is 0 Å². The van der Waals surface area contributed by atoms with E-state index in [2.05, 4.69) is 31.8 Å². The Hall–Kier alpha value is -3.03. The molecular weight excluding hydrogens is 434 g/mol. The van der Waals surface area contributed by atoms with Gasteiger partial charge in [0.05, 0.1) is 54.7 Å². The van der Waals surface area contributed by atoms with Crippen molar-refractivity contribution in [3.05, 3.63) is 65.2 Å². The average Bonchev–Trinajstić information content (AvgIpc) is 2.87. The van der Waals surface area contributed by atoms with Crippen LogP contribution >= 0.6 is 0 Å². The molecule has 0 aliphatic carbocycles. The number of likely N-dealkylation sites (N-methyl/N-ethyl adjacent to an activating group) is 1. The number of rotatable bonds is 11. The summed E-state index contributed by atoms with van der Waals surface area (Å²) in [6.45, 7) is 5.56. The molecule has 1 aliphatic rings. The minimum Gasteiger partial charge on any atom is -0.496 e. The lowest BCUT2D eigenvalue weighted by molar-refractivity contribution is -0.941. The van der Waals surface area contributed by atoms with Crippen LogP contribution in [0.4, 0.5) is 0 Å². The predicted octanol–water partition coefficient (Wildman–Crippen LogP) is 3.61. The molecule has 0 saturated heterocycles. The van der Waals surface area contributed by atoms with E-state index < -0.39 is 5.97 Å². The first-order chi connectivity index (χ1) is 16.4. The summed E-state index contributed by atoms with van der Waals surface area (Å²) in [6.07, 6.45) is 3.65. The van der Waals surface area contributed by atoms with Gasteiger partial charge in [-0.1, -0.05) is 18.7 Å². The molecule has 1 N–H and O–H groups in total. The maximum absolute atomic E-state index is 11.5. The van der Waals surface area contributed by atoms with Crippen molar-refractivity contribution in [2.24, 2.45) is 0 Å². The molecule has 0 saturated carbocycles. The van der Waals surface area contributed by atoms with Gasteiger partial charge >= 0.3 is 5.97 Å². The topological polar surface area (TPSA) is 74.2 Å². The zero-order valence-corrected chi connectivity index (χ0v) is 20.6. The molecular formula is C27H36NO6+. The third-order valence-corrected chi connectivity index (χ3v) is 6.82. The fourth-order valence-corrected chi connectivity index (χ4v) is 4.86. The van der Waals surface area contributed by atoms with Crippen LogP contribution in [0.15, 0.2) is 43.0 Å². The fraction of sp³-hybridized carbons (Fsp3) is 0.444. The van der Waals surface area contributed by atoms with Gasteiger partial charge in [-0.05, 0) is 29.3 Å². The van der Waals surface area contributed by atoms with Crippen LogP contribution in [0, 0.1) is 0 Å². The van der Waals surface area contributed by atoms with Crippen LogP contribution in [-0.4, -0.2) is 63.6 Å². The third-order valence-electron chi connectivity index (χ3n) is 6.82. The maximum atomic E-state index is 11.5. The molecule has 3 rings (SSSR count). The largest absolute Gasteiger partial charge is 0.496 e. The predicted molar refractivity (Wildman–Crippen MR) is 130 cm³/mol. The molecule has 0 radical (unpaired) electrons. The Morgan fingerprint density at radius 2 is 1.82 bits per heavy atom. The SMILES string of the molecule is C=CC(=O)OCCC[N@+]1(C)CCc2cc(OC)c(OC)cc2[C@H]1Cc1ccc(CO)c(OC)c1.